The highest BCUT2D eigenvalue weighted by Gasteiger charge is 2.48. The number of carbonyl (C=O) groups excluding carboxylic acids is 1. The Labute approximate surface area is 165 Å². The summed E-state index contributed by atoms with van der Waals surface area (Å²) in [6.07, 6.45) is 1.61. The molecule has 6 nitrogen and oxygen atoms in total. The van der Waals surface area contributed by atoms with Crippen molar-refractivity contribution in [2.45, 2.75) is 36.7 Å². The van der Waals surface area contributed by atoms with Gasteiger partial charge in [-0.25, -0.2) is 13.2 Å². The van der Waals surface area contributed by atoms with Crippen molar-refractivity contribution >= 4 is 16.0 Å². The van der Waals surface area contributed by atoms with Crippen LogP contribution >= 0.6 is 0 Å². The van der Waals surface area contributed by atoms with E-state index < -0.39 is 15.6 Å². The first-order valence-electron chi connectivity index (χ1n) is 9.41. The summed E-state index contributed by atoms with van der Waals surface area (Å²) in [7, 11) is -2.23. The lowest BCUT2D eigenvalue weighted by molar-refractivity contribution is -0.0329. The van der Waals surface area contributed by atoms with Crippen LogP contribution in [0.3, 0.4) is 0 Å². The zero-order valence-corrected chi connectivity index (χ0v) is 16.8. The monoisotopic (exact) mass is 401 g/mol. The molecule has 148 valence electrons. The number of piperidine rings is 1. The Kier molecular flexibility index (Phi) is 4.67. The number of nitrogens with zero attached hydrogens (tertiary/aromatic N) is 1. The van der Waals surface area contributed by atoms with Crippen LogP contribution in [-0.4, -0.2) is 38.9 Å². The molecule has 0 aromatic heterocycles. The van der Waals surface area contributed by atoms with Crippen molar-refractivity contribution in [1.82, 2.24) is 4.31 Å². The van der Waals surface area contributed by atoms with Gasteiger partial charge in [0.05, 0.1) is 12.7 Å². The van der Waals surface area contributed by atoms with Gasteiger partial charge in [0.15, 0.2) is 0 Å². The molecule has 1 saturated heterocycles. The Morgan fingerprint density at radius 1 is 1.14 bits per heavy atom. The number of fused-ring (bicyclic) bond motifs is 2. The molecule has 0 unspecified atom stereocenters. The van der Waals surface area contributed by atoms with Crippen LogP contribution in [0.15, 0.2) is 47.4 Å². The van der Waals surface area contributed by atoms with Gasteiger partial charge >= 0.3 is 5.97 Å². The van der Waals surface area contributed by atoms with Crippen molar-refractivity contribution in [2.75, 3.05) is 20.2 Å². The number of aryl methyl sites for hydroxylation is 1. The predicted octanol–water partition coefficient (Wildman–Crippen LogP) is 3.11. The van der Waals surface area contributed by atoms with Crippen molar-refractivity contribution in [3.63, 3.8) is 0 Å². The van der Waals surface area contributed by atoms with Crippen molar-refractivity contribution < 1.29 is 22.7 Å². The Hall–Kier alpha value is -2.38. The fraction of sp³-hybridized carbons (Fsp3) is 0.381. The number of hydrogen-bond acceptors (Lipinski definition) is 5. The highest BCUT2D eigenvalue weighted by Crippen LogP contribution is 2.45. The summed E-state index contributed by atoms with van der Waals surface area (Å²) >= 11 is 0. The van der Waals surface area contributed by atoms with Gasteiger partial charge < -0.3 is 9.47 Å². The number of rotatable bonds is 4. The zero-order valence-electron chi connectivity index (χ0n) is 16.0. The molecule has 1 spiro atoms. The molecule has 0 bridgehead atoms. The van der Waals surface area contributed by atoms with Gasteiger partial charge in [0.2, 0.25) is 10.0 Å². The maximum Gasteiger partial charge on any atom is 0.339 e. The van der Waals surface area contributed by atoms with E-state index >= 15 is 0 Å². The molecule has 2 aromatic carbocycles. The van der Waals surface area contributed by atoms with E-state index in [1.165, 1.54) is 11.4 Å². The molecule has 2 aliphatic heterocycles. The molecule has 4 rings (SSSR count). The molecular formula is C21H23NO5S. The Bertz CT molecular complexity index is 1020. The quantitative estimate of drug-likeness (QED) is 0.736. The van der Waals surface area contributed by atoms with E-state index in [4.69, 9.17) is 9.47 Å². The lowest BCUT2D eigenvalue weighted by atomic mass is 9.84. The van der Waals surface area contributed by atoms with Crippen molar-refractivity contribution in [1.29, 1.82) is 0 Å². The number of hydrogen-bond donors (Lipinski definition) is 0. The molecule has 0 N–H and O–H groups in total. The van der Waals surface area contributed by atoms with Crippen LogP contribution in [0.1, 0.15) is 41.3 Å². The molecular weight excluding hydrogens is 378 g/mol. The molecule has 2 aromatic rings. The molecule has 0 amide bonds. The summed E-state index contributed by atoms with van der Waals surface area (Å²) in [4.78, 5) is 12.4. The van der Waals surface area contributed by atoms with Gasteiger partial charge in [-0.2, -0.15) is 4.31 Å². The van der Waals surface area contributed by atoms with Crippen LogP contribution < -0.4 is 4.74 Å². The largest absolute Gasteiger partial charge is 0.495 e. The Morgan fingerprint density at radius 3 is 2.54 bits per heavy atom. The summed E-state index contributed by atoms with van der Waals surface area (Å²) in [6.45, 7) is 2.54. The average Bonchev–Trinajstić information content (AvgIpc) is 2.99. The van der Waals surface area contributed by atoms with Crippen LogP contribution in [-0.2, 0) is 26.8 Å². The second-order valence-electron chi connectivity index (χ2n) is 7.17. The summed E-state index contributed by atoms with van der Waals surface area (Å²) < 4.78 is 39.1. The fourth-order valence-corrected chi connectivity index (χ4v) is 5.73. The van der Waals surface area contributed by atoms with Crippen molar-refractivity contribution in [3.8, 4) is 5.75 Å². The smallest absolute Gasteiger partial charge is 0.339 e. The average molecular weight is 401 g/mol. The van der Waals surface area contributed by atoms with Gasteiger partial charge in [0.1, 0.15) is 16.2 Å². The minimum atomic E-state index is -3.71. The van der Waals surface area contributed by atoms with Gasteiger partial charge in [0, 0.05) is 31.5 Å². The third-order valence-corrected chi connectivity index (χ3v) is 7.63. The van der Waals surface area contributed by atoms with E-state index in [0.29, 0.717) is 24.2 Å². The Morgan fingerprint density at radius 2 is 1.86 bits per heavy atom. The first kappa shape index (κ1) is 19.0. The summed E-state index contributed by atoms with van der Waals surface area (Å²) in [5.74, 6) is 0.0133. The summed E-state index contributed by atoms with van der Waals surface area (Å²) in [5.41, 5.74) is 1.65. The predicted molar refractivity (Wildman–Crippen MR) is 104 cm³/mol. The van der Waals surface area contributed by atoms with Crippen LogP contribution in [0, 0.1) is 0 Å². The maximum absolute atomic E-state index is 13.3. The van der Waals surface area contributed by atoms with Gasteiger partial charge in [-0.1, -0.05) is 31.2 Å². The summed E-state index contributed by atoms with van der Waals surface area (Å²) in [5, 5.41) is 0. The third kappa shape index (κ3) is 2.89. The van der Waals surface area contributed by atoms with Gasteiger partial charge in [-0.15, -0.1) is 0 Å². The number of methoxy groups -OCH3 is 1. The minimum absolute atomic E-state index is 0.189. The molecule has 7 heteroatoms. The molecule has 2 aliphatic rings. The third-order valence-electron chi connectivity index (χ3n) is 5.71. The van der Waals surface area contributed by atoms with E-state index in [0.717, 1.165) is 17.5 Å². The number of ether oxygens (including phenoxy) is 2. The fourth-order valence-electron chi connectivity index (χ4n) is 4.09. The van der Waals surface area contributed by atoms with Gasteiger partial charge in [0.25, 0.3) is 0 Å². The molecule has 0 aliphatic carbocycles. The second-order valence-corrected chi connectivity index (χ2v) is 9.08. The van der Waals surface area contributed by atoms with Crippen LogP contribution in [0.4, 0.5) is 0 Å². The lowest BCUT2D eigenvalue weighted by Gasteiger charge is -2.38. The topological polar surface area (TPSA) is 72.9 Å². The summed E-state index contributed by atoms with van der Waals surface area (Å²) in [6, 6.07) is 12.6. The van der Waals surface area contributed by atoms with Crippen molar-refractivity contribution in [2.24, 2.45) is 0 Å². The number of carbonyl (C=O) groups is 1. The number of benzene rings is 2. The van der Waals surface area contributed by atoms with E-state index in [1.54, 1.807) is 18.2 Å². The van der Waals surface area contributed by atoms with E-state index in [-0.39, 0.29) is 24.0 Å². The number of sulfonamides is 1. The SMILES string of the molecule is CCc1ccc(OC)c(S(=O)(=O)N2CCC3(CC2)OC(=O)c2ccccc23)c1. The highest BCUT2D eigenvalue weighted by molar-refractivity contribution is 7.89. The highest BCUT2D eigenvalue weighted by atomic mass is 32.2. The zero-order chi connectivity index (χ0) is 19.9. The van der Waals surface area contributed by atoms with Crippen LogP contribution in [0.2, 0.25) is 0 Å². The molecule has 2 heterocycles. The van der Waals surface area contributed by atoms with Crippen molar-refractivity contribution in [3.05, 3.63) is 59.2 Å². The second kappa shape index (κ2) is 6.90. The molecule has 1 fully saturated rings. The normalized spacial score (nSPS) is 18.7. The molecule has 0 radical (unpaired) electrons. The van der Waals surface area contributed by atoms with E-state index in [2.05, 4.69) is 0 Å². The maximum atomic E-state index is 13.3. The van der Waals surface area contributed by atoms with E-state index in [9.17, 15) is 13.2 Å². The van der Waals surface area contributed by atoms with E-state index in [1.807, 2.05) is 31.2 Å². The molecule has 0 saturated carbocycles. The Balaban J connectivity index is 1.62. The van der Waals surface area contributed by atoms with Gasteiger partial charge in [-0.05, 0) is 30.2 Å². The van der Waals surface area contributed by atoms with Gasteiger partial charge in [-0.3, -0.25) is 0 Å². The van der Waals surface area contributed by atoms with Crippen LogP contribution in [0.5, 0.6) is 5.75 Å². The molecule has 0 atom stereocenters. The lowest BCUT2D eigenvalue weighted by Crippen LogP contribution is -2.45. The first-order chi connectivity index (χ1) is 13.4. The molecule has 28 heavy (non-hydrogen) atoms. The van der Waals surface area contributed by atoms with Crippen LogP contribution in [0.25, 0.3) is 0 Å². The minimum Gasteiger partial charge on any atom is -0.495 e. The number of esters is 1. The standard InChI is InChI=1S/C21H23NO5S/c1-3-15-8-9-18(26-2)19(14-15)28(24,25)22-12-10-21(11-13-22)17-7-5-4-6-16(17)20(23)27-21/h4-9,14H,3,10-13H2,1-2H3. The first-order valence-corrected chi connectivity index (χ1v) is 10.9.